The van der Waals surface area contributed by atoms with Gasteiger partial charge in [-0.2, -0.15) is 5.10 Å². The summed E-state index contributed by atoms with van der Waals surface area (Å²) in [6, 6.07) is 15.9. The zero-order chi connectivity index (χ0) is 21.0. The Kier molecular flexibility index (Phi) is 6.17. The largest absolute Gasteiger partial charge is 0.355 e. The van der Waals surface area contributed by atoms with Gasteiger partial charge in [0.25, 0.3) is 0 Å². The van der Waals surface area contributed by atoms with Crippen molar-refractivity contribution in [1.82, 2.24) is 4.90 Å². The Balaban J connectivity index is 2.00. The zero-order valence-electron chi connectivity index (χ0n) is 16.8. The van der Waals surface area contributed by atoms with E-state index in [0.717, 1.165) is 22.3 Å². The molecule has 0 aromatic heterocycles. The number of rotatable bonds is 5. The Morgan fingerprint density at radius 3 is 1.79 bits per heavy atom. The van der Waals surface area contributed by atoms with Crippen LogP contribution in [0.1, 0.15) is 22.3 Å². The van der Waals surface area contributed by atoms with Crippen LogP contribution in [0.5, 0.6) is 0 Å². The molecule has 0 radical (unpaired) electrons. The summed E-state index contributed by atoms with van der Waals surface area (Å²) in [5.41, 5.74) is 5.15. The van der Waals surface area contributed by atoms with Crippen molar-refractivity contribution in [3.05, 3.63) is 83.2 Å². The molecule has 7 heteroatoms. The van der Waals surface area contributed by atoms with Gasteiger partial charge >= 0.3 is 0 Å². The summed E-state index contributed by atoms with van der Waals surface area (Å²) in [6.45, 7) is 8.88. The fraction of sp³-hybridized carbons (Fsp3) is 0.273. The maximum atomic E-state index is 11.7. The molecule has 1 heterocycles. The lowest BCUT2D eigenvalue weighted by Gasteiger charge is -2.28. The van der Waals surface area contributed by atoms with Crippen LogP contribution in [-0.4, -0.2) is 49.3 Å². The smallest absolute Gasteiger partial charge is 0.153 e. The SMILES string of the molecule is C=C(/N=C(\C(=N/N)c1ccc(C)cc1)c1ccc(C)cc1)N1CCS(=O)(=O)CC1. The quantitative estimate of drug-likeness (QED) is 0.466. The van der Waals surface area contributed by atoms with E-state index in [-0.39, 0.29) is 11.5 Å². The number of hydrazone groups is 1. The van der Waals surface area contributed by atoms with Gasteiger partial charge < -0.3 is 10.7 Å². The van der Waals surface area contributed by atoms with Crippen LogP contribution < -0.4 is 5.84 Å². The van der Waals surface area contributed by atoms with E-state index < -0.39 is 9.84 Å². The molecule has 0 aliphatic carbocycles. The molecule has 1 fully saturated rings. The fourth-order valence-electron chi connectivity index (χ4n) is 3.12. The summed E-state index contributed by atoms with van der Waals surface area (Å²) in [6.07, 6.45) is 0. The van der Waals surface area contributed by atoms with Crippen molar-refractivity contribution in [2.24, 2.45) is 15.9 Å². The van der Waals surface area contributed by atoms with Crippen molar-refractivity contribution < 1.29 is 8.42 Å². The first-order valence-electron chi connectivity index (χ1n) is 9.44. The van der Waals surface area contributed by atoms with Crippen molar-refractivity contribution >= 4 is 21.3 Å². The first-order valence-corrected chi connectivity index (χ1v) is 11.3. The first-order chi connectivity index (χ1) is 13.8. The molecule has 0 spiro atoms. The van der Waals surface area contributed by atoms with Gasteiger partial charge in [-0.15, -0.1) is 0 Å². The summed E-state index contributed by atoms with van der Waals surface area (Å²) in [5.74, 6) is 6.51. The van der Waals surface area contributed by atoms with Crippen LogP contribution in [0.4, 0.5) is 0 Å². The number of aliphatic imine (C=N–C) groups is 1. The Hall–Kier alpha value is -2.93. The van der Waals surface area contributed by atoms with Gasteiger partial charge in [-0.25, -0.2) is 13.4 Å². The maximum absolute atomic E-state index is 11.7. The van der Waals surface area contributed by atoms with Gasteiger partial charge in [-0.3, -0.25) is 0 Å². The van der Waals surface area contributed by atoms with Gasteiger partial charge in [0.05, 0.1) is 11.5 Å². The Morgan fingerprint density at radius 1 is 0.897 bits per heavy atom. The zero-order valence-corrected chi connectivity index (χ0v) is 17.6. The number of sulfone groups is 1. The summed E-state index contributed by atoms with van der Waals surface area (Å²) < 4.78 is 23.5. The van der Waals surface area contributed by atoms with E-state index >= 15 is 0 Å². The van der Waals surface area contributed by atoms with Crippen molar-refractivity contribution in [2.75, 3.05) is 24.6 Å². The predicted octanol–water partition coefficient (Wildman–Crippen LogP) is 2.66. The molecule has 29 heavy (non-hydrogen) atoms. The molecule has 1 saturated heterocycles. The standard InChI is InChI=1S/C22H26N4O2S/c1-16-4-8-19(9-5-16)21(22(25-23)20-10-6-17(2)7-11-20)24-18(3)26-12-14-29(27,28)15-13-26/h4-11H,3,12-15,23H2,1-2H3/b24-21-,25-22-. The first kappa shape index (κ1) is 20.8. The third-order valence-corrected chi connectivity index (χ3v) is 6.56. The number of hydrogen-bond acceptors (Lipinski definition) is 6. The lowest BCUT2D eigenvalue weighted by atomic mass is 9.98. The summed E-state index contributed by atoms with van der Waals surface area (Å²) in [7, 11) is -2.98. The molecule has 0 atom stereocenters. The van der Waals surface area contributed by atoms with Gasteiger partial charge in [0, 0.05) is 24.2 Å². The van der Waals surface area contributed by atoms with E-state index in [9.17, 15) is 8.42 Å². The van der Waals surface area contributed by atoms with E-state index in [2.05, 4.69) is 11.7 Å². The van der Waals surface area contributed by atoms with Crippen LogP contribution in [0.3, 0.4) is 0 Å². The second kappa shape index (κ2) is 8.61. The molecule has 152 valence electrons. The molecule has 0 saturated carbocycles. The number of nitrogens with two attached hydrogens (primary N) is 1. The third kappa shape index (κ3) is 5.12. The highest BCUT2D eigenvalue weighted by molar-refractivity contribution is 7.91. The molecule has 3 rings (SSSR count). The molecular formula is C22H26N4O2S. The minimum Gasteiger partial charge on any atom is -0.355 e. The van der Waals surface area contributed by atoms with E-state index in [4.69, 9.17) is 10.8 Å². The van der Waals surface area contributed by atoms with E-state index in [1.807, 2.05) is 67.3 Å². The monoisotopic (exact) mass is 410 g/mol. The minimum absolute atomic E-state index is 0.108. The van der Waals surface area contributed by atoms with Crippen LogP contribution in [0.2, 0.25) is 0 Å². The topological polar surface area (TPSA) is 88.1 Å². The van der Waals surface area contributed by atoms with Crippen LogP contribution >= 0.6 is 0 Å². The highest BCUT2D eigenvalue weighted by Gasteiger charge is 2.23. The minimum atomic E-state index is -2.98. The average Bonchev–Trinajstić information content (AvgIpc) is 2.69. The second-order valence-corrected chi connectivity index (χ2v) is 9.53. The van der Waals surface area contributed by atoms with Crippen molar-refractivity contribution in [3.8, 4) is 0 Å². The molecule has 2 N–H and O–H groups in total. The van der Waals surface area contributed by atoms with Gasteiger partial charge in [0.2, 0.25) is 0 Å². The van der Waals surface area contributed by atoms with Crippen molar-refractivity contribution in [3.63, 3.8) is 0 Å². The summed E-state index contributed by atoms with van der Waals surface area (Å²) in [5, 5.41) is 4.04. The molecule has 0 bridgehead atoms. The molecule has 6 nitrogen and oxygen atoms in total. The predicted molar refractivity (Wildman–Crippen MR) is 119 cm³/mol. The summed E-state index contributed by atoms with van der Waals surface area (Å²) >= 11 is 0. The van der Waals surface area contributed by atoms with Gasteiger partial charge in [-0.1, -0.05) is 66.2 Å². The number of aryl methyl sites for hydroxylation is 2. The number of hydrogen-bond donors (Lipinski definition) is 1. The Morgan fingerprint density at radius 2 is 1.34 bits per heavy atom. The normalized spacial score (nSPS) is 17.2. The molecule has 0 amide bonds. The highest BCUT2D eigenvalue weighted by Crippen LogP contribution is 2.17. The van der Waals surface area contributed by atoms with E-state index in [1.165, 1.54) is 0 Å². The Labute approximate surface area is 172 Å². The third-order valence-electron chi connectivity index (χ3n) is 4.95. The van der Waals surface area contributed by atoms with Gasteiger partial charge in [0.1, 0.15) is 17.2 Å². The number of benzene rings is 2. The Bertz CT molecular complexity index is 1040. The molecule has 1 aliphatic heterocycles. The van der Waals surface area contributed by atoms with Gasteiger partial charge in [-0.05, 0) is 13.8 Å². The fourth-order valence-corrected chi connectivity index (χ4v) is 4.32. The second-order valence-electron chi connectivity index (χ2n) is 7.23. The summed E-state index contributed by atoms with van der Waals surface area (Å²) in [4.78, 5) is 6.65. The number of nitrogens with zero attached hydrogens (tertiary/aromatic N) is 3. The van der Waals surface area contributed by atoms with Crippen LogP contribution in [-0.2, 0) is 9.84 Å². The maximum Gasteiger partial charge on any atom is 0.153 e. The van der Waals surface area contributed by atoms with Gasteiger partial charge in [0.15, 0.2) is 9.84 Å². The van der Waals surface area contributed by atoms with Crippen LogP contribution in [0, 0.1) is 13.8 Å². The van der Waals surface area contributed by atoms with E-state index in [0.29, 0.717) is 30.3 Å². The lowest BCUT2D eigenvalue weighted by Crippen LogP contribution is -2.39. The molecule has 2 aromatic carbocycles. The molecule has 2 aromatic rings. The highest BCUT2D eigenvalue weighted by atomic mass is 32.2. The molecular weight excluding hydrogens is 384 g/mol. The molecule has 1 aliphatic rings. The van der Waals surface area contributed by atoms with Crippen LogP contribution in [0.25, 0.3) is 0 Å². The average molecular weight is 411 g/mol. The van der Waals surface area contributed by atoms with Crippen LogP contribution in [0.15, 0.2) is 71.0 Å². The van der Waals surface area contributed by atoms with Crippen molar-refractivity contribution in [2.45, 2.75) is 13.8 Å². The lowest BCUT2D eigenvalue weighted by molar-refractivity contribution is 0.368. The van der Waals surface area contributed by atoms with Crippen molar-refractivity contribution in [1.29, 1.82) is 0 Å². The van der Waals surface area contributed by atoms with E-state index in [1.54, 1.807) is 0 Å². The molecule has 0 unspecified atom stereocenters.